The van der Waals surface area contributed by atoms with Gasteiger partial charge in [0.15, 0.2) is 0 Å². The number of nitrogens with zero attached hydrogens (tertiary/aromatic N) is 3. The second-order valence-corrected chi connectivity index (χ2v) is 9.37. The van der Waals surface area contributed by atoms with Gasteiger partial charge in [-0.3, -0.25) is 19.7 Å². The van der Waals surface area contributed by atoms with Crippen LogP contribution in [0.4, 0.5) is 5.69 Å². The van der Waals surface area contributed by atoms with Crippen molar-refractivity contribution in [3.05, 3.63) is 73.3 Å². The molecule has 4 heterocycles. The normalized spacial score (nSPS) is 21.8. The smallest absolute Gasteiger partial charge is 0.334 e. The average molecular weight is 432 g/mol. The van der Waals surface area contributed by atoms with Crippen LogP contribution in [0.25, 0.3) is 10.9 Å². The van der Waals surface area contributed by atoms with Gasteiger partial charge in [-0.25, -0.2) is 0 Å². The Balaban J connectivity index is 1.31. The third-order valence-corrected chi connectivity index (χ3v) is 7.41. The van der Waals surface area contributed by atoms with Crippen LogP contribution < -0.4 is 5.56 Å². The van der Waals surface area contributed by atoms with E-state index in [1.54, 1.807) is 10.6 Å². The summed E-state index contributed by atoms with van der Waals surface area (Å²) in [4.78, 5) is 42.0. The predicted molar refractivity (Wildman–Crippen MR) is 119 cm³/mol. The summed E-state index contributed by atoms with van der Waals surface area (Å²) in [5, 5.41) is 12.3. The summed E-state index contributed by atoms with van der Waals surface area (Å²) >= 11 is 0. The number of likely N-dealkylation sites (tertiary alicyclic amines) is 1. The Labute approximate surface area is 184 Å². The Hall–Kier alpha value is -3.42. The number of benzene rings is 1. The Morgan fingerprint density at radius 1 is 1.09 bits per heavy atom. The number of aryl methyl sites for hydroxylation is 2. The molecule has 1 amide bonds. The van der Waals surface area contributed by atoms with Crippen LogP contribution in [0.15, 0.2) is 35.1 Å². The first-order valence-corrected chi connectivity index (χ1v) is 11.3. The van der Waals surface area contributed by atoms with E-state index in [0.29, 0.717) is 25.2 Å². The Morgan fingerprint density at radius 3 is 2.78 bits per heavy atom. The first-order valence-electron chi connectivity index (χ1n) is 11.3. The topological polar surface area (TPSA) is 101 Å². The largest absolute Gasteiger partial charge is 0.358 e. The fourth-order valence-electron chi connectivity index (χ4n) is 5.96. The number of piperidine rings is 1. The zero-order valence-corrected chi connectivity index (χ0v) is 17.7. The van der Waals surface area contributed by atoms with Crippen LogP contribution in [0, 0.1) is 16.0 Å². The Kier molecular flexibility index (Phi) is 4.25. The Bertz CT molecular complexity index is 1340. The van der Waals surface area contributed by atoms with Crippen molar-refractivity contribution in [2.24, 2.45) is 5.92 Å². The zero-order chi connectivity index (χ0) is 22.0. The van der Waals surface area contributed by atoms with Crippen LogP contribution in [0.1, 0.15) is 52.5 Å². The van der Waals surface area contributed by atoms with Crippen molar-refractivity contribution in [3.8, 4) is 0 Å². The summed E-state index contributed by atoms with van der Waals surface area (Å²) in [5.74, 6) is 0.155. The van der Waals surface area contributed by atoms with Crippen LogP contribution in [0.3, 0.4) is 0 Å². The highest BCUT2D eigenvalue weighted by molar-refractivity contribution is 5.99. The molecule has 2 bridgehead atoms. The van der Waals surface area contributed by atoms with Gasteiger partial charge in [-0.2, -0.15) is 0 Å². The van der Waals surface area contributed by atoms with Gasteiger partial charge in [-0.05, 0) is 67.9 Å². The van der Waals surface area contributed by atoms with Gasteiger partial charge in [0, 0.05) is 59.5 Å². The average Bonchev–Trinajstić information content (AvgIpc) is 3.17. The summed E-state index contributed by atoms with van der Waals surface area (Å²) in [6.07, 6.45) is 5.41. The summed E-state index contributed by atoms with van der Waals surface area (Å²) in [6, 6.07) is 8.94. The second-order valence-electron chi connectivity index (χ2n) is 9.37. The number of nitro groups is 1. The lowest BCUT2D eigenvalue weighted by Gasteiger charge is -2.42. The zero-order valence-electron chi connectivity index (χ0n) is 17.7. The minimum atomic E-state index is -0.619. The molecule has 8 heteroatoms. The molecule has 2 aromatic heterocycles. The van der Waals surface area contributed by atoms with Crippen molar-refractivity contribution in [2.75, 3.05) is 13.1 Å². The molecule has 0 saturated carbocycles. The van der Waals surface area contributed by atoms with Crippen LogP contribution in [0.5, 0.6) is 0 Å². The molecule has 3 aliphatic rings. The van der Waals surface area contributed by atoms with Gasteiger partial charge in [0.2, 0.25) is 0 Å². The summed E-state index contributed by atoms with van der Waals surface area (Å²) in [7, 11) is 0. The number of hydrogen-bond acceptors (Lipinski definition) is 4. The molecule has 0 unspecified atom stereocenters. The first kappa shape index (κ1) is 19.3. The van der Waals surface area contributed by atoms with Crippen LogP contribution >= 0.6 is 0 Å². The molecule has 2 atom stereocenters. The summed E-state index contributed by atoms with van der Waals surface area (Å²) < 4.78 is 1.55. The standard InChI is InChI=1S/C24H24N4O4/c29-23(15-5-6-20-18(10-15)17-3-1-2-4-19(17)25-20)26-11-14-9-16(13-26)21-7-8-22(28(31)32)24(30)27(21)12-14/h5-8,10,14,16,25H,1-4,9,11-13H2/t14-,16-/m0/s1. The molecule has 164 valence electrons. The van der Waals surface area contributed by atoms with E-state index in [9.17, 15) is 19.7 Å². The van der Waals surface area contributed by atoms with Crippen LogP contribution in [-0.2, 0) is 19.4 Å². The molecule has 1 N–H and O–H groups in total. The number of aromatic amines is 1. The minimum Gasteiger partial charge on any atom is -0.358 e. The molecular weight excluding hydrogens is 408 g/mol. The molecule has 8 nitrogen and oxygen atoms in total. The fraction of sp³-hybridized carbons (Fsp3) is 0.417. The van der Waals surface area contributed by atoms with Crippen molar-refractivity contribution in [1.82, 2.24) is 14.5 Å². The van der Waals surface area contributed by atoms with E-state index < -0.39 is 10.5 Å². The van der Waals surface area contributed by atoms with Gasteiger partial charge in [0.05, 0.1) is 4.92 Å². The van der Waals surface area contributed by atoms with Crippen molar-refractivity contribution < 1.29 is 9.72 Å². The number of H-pyrrole nitrogens is 1. The van der Waals surface area contributed by atoms with E-state index >= 15 is 0 Å². The second kappa shape index (κ2) is 7.05. The van der Waals surface area contributed by atoms with E-state index in [0.717, 1.165) is 35.9 Å². The maximum Gasteiger partial charge on any atom is 0.334 e. The maximum atomic E-state index is 13.4. The predicted octanol–water partition coefficient (Wildman–Crippen LogP) is 3.38. The highest BCUT2D eigenvalue weighted by Gasteiger charge is 2.38. The molecule has 6 rings (SSSR count). The lowest BCUT2D eigenvalue weighted by molar-refractivity contribution is -0.386. The van der Waals surface area contributed by atoms with E-state index in [4.69, 9.17) is 0 Å². The van der Waals surface area contributed by atoms with Gasteiger partial charge in [-0.1, -0.05) is 0 Å². The highest BCUT2D eigenvalue weighted by Crippen LogP contribution is 2.36. The quantitative estimate of drug-likeness (QED) is 0.495. The molecule has 2 aliphatic heterocycles. The molecule has 1 aliphatic carbocycles. The molecule has 0 radical (unpaired) electrons. The number of nitrogens with one attached hydrogen (secondary N) is 1. The van der Waals surface area contributed by atoms with Crippen molar-refractivity contribution in [1.29, 1.82) is 0 Å². The molecule has 3 aromatic rings. The van der Waals surface area contributed by atoms with Gasteiger partial charge in [0.25, 0.3) is 5.91 Å². The van der Waals surface area contributed by atoms with Crippen molar-refractivity contribution >= 4 is 22.5 Å². The third-order valence-electron chi connectivity index (χ3n) is 7.41. The van der Waals surface area contributed by atoms with Crippen LogP contribution in [-0.4, -0.2) is 38.4 Å². The highest BCUT2D eigenvalue weighted by atomic mass is 16.6. The van der Waals surface area contributed by atoms with E-state index in [-0.39, 0.29) is 23.4 Å². The maximum absolute atomic E-state index is 13.4. The van der Waals surface area contributed by atoms with Gasteiger partial charge < -0.3 is 14.5 Å². The van der Waals surface area contributed by atoms with Gasteiger partial charge >= 0.3 is 11.2 Å². The molecule has 1 fully saturated rings. The van der Waals surface area contributed by atoms with E-state index in [1.807, 2.05) is 23.1 Å². The number of hydrogen-bond donors (Lipinski definition) is 1. The number of carbonyl (C=O) groups is 1. The fourth-order valence-corrected chi connectivity index (χ4v) is 5.96. The number of carbonyl (C=O) groups excluding carboxylic acids is 1. The van der Waals surface area contributed by atoms with Crippen molar-refractivity contribution in [3.63, 3.8) is 0 Å². The van der Waals surface area contributed by atoms with Gasteiger partial charge in [-0.15, -0.1) is 0 Å². The number of amides is 1. The van der Waals surface area contributed by atoms with Gasteiger partial charge in [0.1, 0.15) is 0 Å². The lowest BCUT2D eigenvalue weighted by Crippen LogP contribution is -2.49. The lowest BCUT2D eigenvalue weighted by atomic mass is 9.83. The van der Waals surface area contributed by atoms with Crippen molar-refractivity contribution in [2.45, 2.75) is 44.6 Å². The molecular formula is C24H24N4O4. The molecule has 32 heavy (non-hydrogen) atoms. The SMILES string of the molecule is O=C(c1ccc2[nH]c3c(c2c1)CCCC3)N1C[C@@H]2C[C@@H](C1)c1ccc([N+](=O)[O-])c(=O)n1C2. The first-order chi connectivity index (χ1) is 15.5. The molecule has 1 saturated heterocycles. The molecule has 1 aromatic carbocycles. The third kappa shape index (κ3) is 2.89. The number of aromatic nitrogens is 2. The van der Waals surface area contributed by atoms with E-state index in [2.05, 4.69) is 4.98 Å². The number of fused-ring (bicyclic) bond motifs is 7. The van der Waals surface area contributed by atoms with Crippen LogP contribution in [0.2, 0.25) is 0 Å². The summed E-state index contributed by atoms with van der Waals surface area (Å²) in [6.45, 7) is 1.50. The minimum absolute atomic E-state index is 0.0173. The summed E-state index contributed by atoms with van der Waals surface area (Å²) in [5.41, 5.74) is 4.33. The monoisotopic (exact) mass is 432 g/mol. The van der Waals surface area contributed by atoms with E-state index in [1.165, 1.54) is 30.2 Å². The Morgan fingerprint density at radius 2 is 1.94 bits per heavy atom. The number of pyridine rings is 1. The number of rotatable bonds is 2. The molecule has 0 spiro atoms.